The van der Waals surface area contributed by atoms with Gasteiger partial charge in [-0.25, -0.2) is 4.98 Å². The Kier molecular flexibility index (Phi) is 5.29. The number of carbonyl (C=O) groups is 1. The lowest BCUT2D eigenvalue weighted by atomic mass is 9.80. The number of hydrogen-bond acceptors (Lipinski definition) is 5. The number of rotatable bonds is 6. The van der Waals surface area contributed by atoms with Crippen molar-refractivity contribution >= 4 is 23.1 Å². The summed E-state index contributed by atoms with van der Waals surface area (Å²) >= 11 is 1.53. The first kappa shape index (κ1) is 15.4. The van der Waals surface area contributed by atoms with Crippen molar-refractivity contribution in [1.29, 1.82) is 0 Å². The lowest BCUT2D eigenvalue weighted by Crippen LogP contribution is -2.49. The predicted octanol–water partition coefficient (Wildman–Crippen LogP) is 1.62. The summed E-state index contributed by atoms with van der Waals surface area (Å²) in [6, 6.07) is 0. The number of amidine groups is 1. The first-order valence-corrected chi connectivity index (χ1v) is 6.99. The van der Waals surface area contributed by atoms with Crippen LogP contribution in [0, 0.1) is 12.3 Å². The minimum atomic E-state index is -0.950. The van der Waals surface area contributed by atoms with E-state index in [9.17, 15) is 4.79 Å². The molecule has 0 atom stereocenters. The molecule has 1 amide bonds. The molecule has 0 aromatic carbocycles. The molecule has 1 rings (SSSR count). The highest BCUT2D eigenvalue weighted by Crippen LogP contribution is 2.27. The van der Waals surface area contributed by atoms with E-state index in [1.165, 1.54) is 11.3 Å². The van der Waals surface area contributed by atoms with Crippen LogP contribution in [0.3, 0.4) is 0 Å². The van der Waals surface area contributed by atoms with Gasteiger partial charge in [0, 0.05) is 11.1 Å². The Hall–Kier alpha value is -1.63. The van der Waals surface area contributed by atoms with Crippen molar-refractivity contribution in [2.45, 2.75) is 40.2 Å². The highest BCUT2D eigenvalue weighted by Gasteiger charge is 2.39. The molecule has 0 aliphatic heterocycles. The van der Waals surface area contributed by atoms with Crippen LogP contribution in [0.1, 0.15) is 36.6 Å². The molecular weight excluding hydrogens is 264 g/mol. The second kappa shape index (κ2) is 6.51. The van der Waals surface area contributed by atoms with Crippen LogP contribution in [0.15, 0.2) is 11.4 Å². The average molecular weight is 284 g/mol. The zero-order chi connectivity index (χ0) is 14.5. The molecule has 1 aromatic rings. The smallest absolute Gasteiger partial charge is 0.234 e. The molecule has 7 heteroatoms. The molecule has 0 saturated heterocycles. The van der Waals surface area contributed by atoms with E-state index >= 15 is 0 Å². The number of amides is 1. The molecule has 0 radical (unpaired) electrons. The van der Waals surface area contributed by atoms with Gasteiger partial charge in [0.1, 0.15) is 5.41 Å². The van der Waals surface area contributed by atoms with Gasteiger partial charge < -0.3 is 16.3 Å². The van der Waals surface area contributed by atoms with Crippen molar-refractivity contribution in [2.75, 3.05) is 0 Å². The Balaban J connectivity index is 2.78. The van der Waals surface area contributed by atoms with Crippen LogP contribution >= 0.6 is 11.3 Å². The molecular formula is C12H20N4O2S. The number of oxime groups is 1. The van der Waals surface area contributed by atoms with Gasteiger partial charge in [0.25, 0.3) is 0 Å². The van der Waals surface area contributed by atoms with Crippen LogP contribution in [-0.4, -0.2) is 21.9 Å². The fraction of sp³-hybridized carbons (Fsp3) is 0.583. The Labute approximate surface area is 116 Å². The normalized spacial score (nSPS) is 12.5. The summed E-state index contributed by atoms with van der Waals surface area (Å²) in [6.07, 6.45) is 2.70. The van der Waals surface area contributed by atoms with Gasteiger partial charge >= 0.3 is 0 Å². The first-order chi connectivity index (χ1) is 9.00. The van der Waals surface area contributed by atoms with E-state index in [1.54, 1.807) is 6.20 Å². The Morgan fingerprint density at radius 1 is 1.58 bits per heavy atom. The number of thiazole rings is 1. The van der Waals surface area contributed by atoms with Gasteiger partial charge in [0.15, 0.2) is 5.84 Å². The minimum absolute atomic E-state index is 0.0458. The van der Waals surface area contributed by atoms with Crippen molar-refractivity contribution in [3.63, 3.8) is 0 Å². The fourth-order valence-corrected chi connectivity index (χ4v) is 2.70. The number of nitrogens with zero attached hydrogens (tertiary/aromatic N) is 2. The molecule has 0 spiro atoms. The molecule has 0 saturated carbocycles. The largest absolute Gasteiger partial charge is 0.409 e. The van der Waals surface area contributed by atoms with Crippen LogP contribution in [0.4, 0.5) is 0 Å². The van der Waals surface area contributed by atoms with Crippen molar-refractivity contribution < 1.29 is 10.0 Å². The van der Waals surface area contributed by atoms with E-state index in [0.29, 0.717) is 19.4 Å². The third-order valence-electron chi connectivity index (χ3n) is 3.33. The summed E-state index contributed by atoms with van der Waals surface area (Å²) in [4.78, 5) is 17.4. The molecule has 4 N–H and O–H groups in total. The number of nitrogens with one attached hydrogen (secondary N) is 1. The summed E-state index contributed by atoms with van der Waals surface area (Å²) in [5.74, 6) is -0.269. The summed E-state index contributed by atoms with van der Waals surface area (Å²) in [7, 11) is 0. The quantitative estimate of drug-likeness (QED) is 0.320. The summed E-state index contributed by atoms with van der Waals surface area (Å²) in [6.45, 7) is 6.01. The van der Waals surface area contributed by atoms with Crippen molar-refractivity contribution in [3.8, 4) is 0 Å². The molecule has 0 fully saturated rings. The average Bonchev–Trinajstić information content (AvgIpc) is 2.83. The molecule has 0 aliphatic carbocycles. The number of aryl methyl sites for hydroxylation is 1. The van der Waals surface area contributed by atoms with E-state index in [2.05, 4.69) is 15.5 Å². The third-order valence-corrected chi connectivity index (χ3v) is 4.24. The second-order valence-electron chi connectivity index (χ2n) is 4.30. The number of nitrogens with two attached hydrogens (primary N) is 1. The number of hydrogen-bond donors (Lipinski definition) is 3. The number of aromatic nitrogens is 1. The van der Waals surface area contributed by atoms with Gasteiger partial charge in [-0.3, -0.25) is 4.79 Å². The standard InChI is InChI=1S/C12H20N4O2S/c1-4-12(5-2,10(13)16-18)11(17)15-7-9-6-14-8(3)19-9/h6,18H,4-5,7H2,1-3H3,(H2,13,16)(H,15,17). The molecule has 6 nitrogen and oxygen atoms in total. The highest BCUT2D eigenvalue weighted by molar-refractivity contribution is 7.11. The molecule has 1 heterocycles. The topological polar surface area (TPSA) is 101 Å². The fourth-order valence-electron chi connectivity index (χ4n) is 1.97. The van der Waals surface area contributed by atoms with Crippen LogP contribution < -0.4 is 11.1 Å². The molecule has 0 bridgehead atoms. The van der Waals surface area contributed by atoms with Gasteiger partial charge in [-0.05, 0) is 19.8 Å². The van der Waals surface area contributed by atoms with E-state index < -0.39 is 5.41 Å². The van der Waals surface area contributed by atoms with E-state index in [1.807, 2.05) is 20.8 Å². The third kappa shape index (κ3) is 3.23. The van der Waals surface area contributed by atoms with Crippen LogP contribution in [0.25, 0.3) is 0 Å². The molecule has 0 aliphatic rings. The van der Waals surface area contributed by atoms with Crippen LogP contribution in [-0.2, 0) is 11.3 Å². The van der Waals surface area contributed by atoms with Crippen molar-refractivity contribution in [3.05, 3.63) is 16.1 Å². The highest BCUT2D eigenvalue weighted by atomic mass is 32.1. The Morgan fingerprint density at radius 2 is 2.21 bits per heavy atom. The predicted molar refractivity (Wildman–Crippen MR) is 75.1 cm³/mol. The molecule has 106 valence electrons. The lowest BCUT2D eigenvalue weighted by molar-refractivity contribution is -0.128. The van der Waals surface area contributed by atoms with Crippen molar-refractivity contribution in [1.82, 2.24) is 10.3 Å². The van der Waals surface area contributed by atoms with E-state index in [0.717, 1.165) is 9.88 Å². The zero-order valence-electron chi connectivity index (χ0n) is 11.4. The van der Waals surface area contributed by atoms with Gasteiger partial charge in [-0.1, -0.05) is 19.0 Å². The van der Waals surface area contributed by atoms with Gasteiger partial charge in [0.2, 0.25) is 5.91 Å². The van der Waals surface area contributed by atoms with Gasteiger partial charge in [0.05, 0.1) is 11.6 Å². The molecule has 19 heavy (non-hydrogen) atoms. The van der Waals surface area contributed by atoms with Crippen molar-refractivity contribution in [2.24, 2.45) is 16.3 Å². The molecule has 0 unspecified atom stereocenters. The Bertz CT molecular complexity index is 466. The van der Waals surface area contributed by atoms with Gasteiger partial charge in [-0.15, -0.1) is 11.3 Å². The SMILES string of the molecule is CCC(CC)(C(=O)NCc1cnc(C)s1)C(N)=NO. The van der Waals surface area contributed by atoms with E-state index in [-0.39, 0.29) is 11.7 Å². The lowest BCUT2D eigenvalue weighted by Gasteiger charge is -2.28. The zero-order valence-corrected chi connectivity index (χ0v) is 12.3. The Morgan fingerprint density at radius 3 is 2.63 bits per heavy atom. The maximum atomic E-state index is 12.3. The molecule has 1 aromatic heterocycles. The van der Waals surface area contributed by atoms with E-state index in [4.69, 9.17) is 10.9 Å². The maximum absolute atomic E-state index is 12.3. The van der Waals surface area contributed by atoms with Crippen LogP contribution in [0.5, 0.6) is 0 Å². The second-order valence-corrected chi connectivity index (χ2v) is 5.62. The van der Waals surface area contributed by atoms with Crippen LogP contribution in [0.2, 0.25) is 0 Å². The summed E-state index contributed by atoms with van der Waals surface area (Å²) in [5, 5.41) is 15.6. The minimum Gasteiger partial charge on any atom is -0.409 e. The summed E-state index contributed by atoms with van der Waals surface area (Å²) < 4.78 is 0. The monoisotopic (exact) mass is 284 g/mol. The summed E-state index contributed by atoms with van der Waals surface area (Å²) in [5.41, 5.74) is 4.73. The van der Waals surface area contributed by atoms with Gasteiger partial charge in [-0.2, -0.15) is 0 Å². The first-order valence-electron chi connectivity index (χ1n) is 6.17. The maximum Gasteiger partial charge on any atom is 0.234 e. The number of carbonyl (C=O) groups excluding carboxylic acids is 1.